The Kier molecular flexibility index (Phi) is 5.65. The zero-order chi connectivity index (χ0) is 18.5. The normalized spacial score (nSPS) is 19.2. The molecule has 0 radical (unpaired) electrons. The van der Waals surface area contributed by atoms with E-state index in [0.29, 0.717) is 5.56 Å². The van der Waals surface area contributed by atoms with Gasteiger partial charge in [0.2, 0.25) is 0 Å². The molecule has 1 saturated heterocycles. The van der Waals surface area contributed by atoms with E-state index in [-0.39, 0.29) is 23.9 Å². The summed E-state index contributed by atoms with van der Waals surface area (Å²) >= 11 is 0. The number of azo groups is 1. The molecule has 2 rings (SSSR count). The van der Waals surface area contributed by atoms with Gasteiger partial charge in [-0.15, -0.1) is 0 Å². The van der Waals surface area contributed by atoms with Gasteiger partial charge in [-0.25, -0.2) is 0 Å². The van der Waals surface area contributed by atoms with Gasteiger partial charge in [-0.3, -0.25) is 14.9 Å². The Balaban J connectivity index is 1.93. The second-order valence-corrected chi connectivity index (χ2v) is 5.98. The van der Waals surface area contributed by atoms with Gasteiger partial charge in [0.05, 0.1) is 0 Å². The Labute approximate surface area is 144 Å². The van der Waals surface area contributed by atoms with Gasteiger partial charge in [0.1, 0.15) is 11.5 Å². The van der Waals surface area contributed by atoms with Gasteiger partial charge < -0.3 is 20.0 Å². The van der Waals surface area contributed by atoms with Crippen LogP contribution in [0.3, 0.4) is 0 Å². The standard InChI is InChI=1S/C15H20N4O6/c1-14(2)24-10-15(11-25-14,19(22)23)18(21)17-9-8-16-13(20)12-6-4-3-5-7-12/h3-7H,8-11H2,1-2H3,(H,16,20). The van der Waals surface area contributed by atoms with Crippen molar-refractivity contribution < 1.29 is 24.1 Å². The molecular weight excluding hydrogens is 332 g/mol. The van der Waals surface area contributed by atoms with Gasteiger partial charge in [0, 0.05) is 12.1 Å². The fourth-order valence-corrected chi connectivity index (χ4v) is 2.08. The number of carbonyl (C=O) groups excluding carboxylic acids is 1. The van der Waals surface area contributed by atoms with Gasteiger partial charge in [-0.05, 0) is 36.0 Å². The van der Waals surface area contributed by atoms with Crippen molar-refractivity contribution in [3.05, 3.63) is 51.2 Å². The first-order chi connectivity index (χ1) is 11.8. The third kappa shape index (κ3) is 4.48. The van der Waals surface area contributed by atoms with Crippen molar-refractivity contribution in [3.63, 3.8) is 0 Å². The van der Waals surface area contributed by atoms with Gasteiger partial charge >= 0.3 is 5.66 Å². The second-order valence-electron chi connectivity index (χ2n) is 5.98. The fourth-order valence-electron chi connectivity index (χ4n) is 2.08. The van der Waals surface area contributed by atoms with Crippen LogP contribution in [0.1, 0.15) is 24.2 Å². The molecule has 136 valence electrons. The SMILES string of the molecule is CC1(C)OCC([N+](=O)[O-])([N+]([O-])=NCCNC(=O)c2ccccc2)CO1. The van der Waals surface area contributed by atoms with Crippen molar-refractivity contribution in [1.82, 2.24) is 5.32 Å². The summed E-state index contributed by atoms with van der Waals surface area (Å²) in [5, 5.41) is 29.6. The number of hydrogen-bond donors (Lipinski definition) is 1. The van der Waals surface area contributed by atoms with E-state index in [0.717, 1.165) is 0 Å². The fraction of sp³-hybridized carbons (Fsp3) is 0.533. The van der Waals surface area contributed by atoms with Crippen molar-refractivity contribution in [3.8, 4) is 0 Å². The molecule has 0 unspecified atom stereocenters. The lowest BCUT2D eigenvalue weighted by atomic mass is 10.2. The highest BCUT2D eigenvalue weighted by molar-refractivity contribution is 5.94. The monoisotopic (exact) mass is 352 g/mol. The molecule has 1 aromatic carbocycles. The maximum atomic E-state index is 12.1. The summed E-state index contributed by atoms with van der Waals surface area (Å²) in [5.41, 5.74) is -1.65. The van der Waals surface area contributed by atoms with E-state index in [2.05, 4.69) is 10.4 Å². The van der Waals surface area contributed by atoms with E-state index in [1.165, 1.54) is 0 Å². The van der Waals surface area contributed by atoms with E-state index in [1.807, 2.05) is 0 Å². The van der Waals surface area contributed by atoms with E-state index in [1.54, 1.807) is 44.2 Å². The maximum absolute atomic E-state index is 12.1. The summed E-state index contributed by atoms with van der Waals surface area (Å²) in [4.78, 5) is 22.4. The lowest BCUT2D eigenvalue weighted by molar-refractivity contribution is -0.827. The molecular formula is C15H20N4O6. The summed E-state index contributed by atoms with van der Waals surface area (Å²) in [6.07, 6.45) is 0. The van der Waals surface area contributed by atoms with Crippen LogP contribution in [0.4, 0.5) is 0 Å². The minimum absolute atomic E-state index is 0.00306. The molecule has 10 nitrogen and oxygen atoms in total. The van der Waals surface area contributed by atoms with Crippen LogP contribution in [0.2, 0.25) is 0 Å². The number of nitro groups is 1. The average molecular weight is 352 g/mol. The summed E-state index contributed by atoms with van der Waals surface area (Å²) in [7, 11) is 0. The molecule has 1 amide bonds. The number of benzene rings is 1. The van der Waals surface area contributed by atoms with Crippen LogP contribution in [0.5, 0.6) is 0 Å². The third-order valence-electron chi connectivity index (χ3n) is 3.66. The molecule has 0 spiro atoms. The highest BCUT2D eigenvalue weighted by Gasteiger charge is 2.59. The smallest absolute Gasteiger partial charge is 0.483 e. The van der Waals surface area contributed by atoms with Crippen molar-refractivity contribution in [2.45, 2.75) is 25.3 Å². The van der Waals surface area contributed by atoms with E-state index in [9.17, 15) is 20.1 Å². The van der Waals surface area contributed by atoms with Crippen molar-refractivity contribution in [2.24, 2.45) is 5.11 Å². The Bertz CT molecular complexity index is 651. The van der Waals surface area contributed by atoms with Gasteiger partial charge in [0.15, 0.2) is 19.0 Å². The van der Waals surface area contributed by atoms with Crippen LogP contribution in [0, 0.1) is 15.3 Å². The number of hydrogen-bond acceptors (Lipinski definition) is 7. The molecule has 0 saturated carbocycles. The van der Waals surface area contributed by atoms with E-state index >= 15 is 0 Å². The van der Waals surface area contributed by atoms with Crippen LogP contribution >= 0.6 is 0 Å². The van der Waals surface area contributed by atoms with Crippen molar-refractivity contribution in [1.29, 1.82) is 0 Å². The minimum Gasteiger partial charge on any atom is -0.594 e. The second kappa shape index (κ2) is 7.53. The predicted octanol–water partition coefficient (Wildman–Crippen LogP) is 1.13. The summed E-state index contributed by atoms with van der Waals surface area (Å²) in [6.45, 7) is 2.26. The first-order valence-corrected chi connectivity index (χ1v) is 7.67. The molecule has 1 aromatic rings. The van der Waals surface area contributed by atoms with Crippen LogP contribution in [-0.4, -0.2) is 53.4 Å². The lowest BCUT2D eigenvalue weighted by Crippen LogP contribution is -2.60. The number of hydroxylamine groups is 1. The predicted molar refractivity (Wildman–Crippen MR) is 85.4 cm³/mol. The minimum atomic E-state index is -2.13. The quantitative estimate of drug-likeness (QED) is 0.204. The topological polar surface area (TPSA) is 129 Å². The van der Waals surface area contributed by atoms with Crippen LogP contribution in [0.25, 0.3) is 0 Å². The Hall–Kier alpha value is -2.59. The third-order valence-corrected chi connectivity index (χ3v) is 3.66. The molecule has 0 aromatic heterocycles. The first-order valence-electron chi connectivity index (χ1n) is 7.67. The summed E-state index contributed by atoms with van der Waals surface area (Å²) in [5.74, 6) is -1.31. The zero-order valence-electron chi connectivity index (χ0n) is 14.0. The number of rotatable bonds is 6. The highest BCUT2D eigenvalue weighted by Crippen LogP contribution is 2.26. The molecule has 10 heteroatoms. The molecule has 25 heavy (non-hydrogen) atoms. The van der Waals surface area contributed by atoms with Gasteiger partial charge in [0.25, 0.3) is 5.91 Å². The average Bonchev–Trinajstić information content (AvgIpc) is 2.59. The molecule has 1 heterocycles. The number of ether oxygens (including phenoxy) is 2. The maximum Gasteiger partial charge on any atom is 0.483 e. The summed E-state index contributed by atoms with van der Waals surface area (Å²) in [6, 6.07) is 8.53. The largest absolute Gasteiger partial charge is 0.594 e. The number of amides is 1. The van der Waals surface area contributed by atoms with Gasteiger partial charge in [-0.2, -0.15) is 0 Å². The van der Waals surface area contributed by atoms with Crippen LogP contribution in [0.15, 0.2) is 35.4 Å². The highest BCUT2D eigenvalue weighted by atomic mass is 16.7. The zero-order valence-corrected chi connectivity index (χ0v) is 14.0. The lowest BCUT2D eigenvalue weighted by Gasteiger charge is -2.34. The first kappa shape index (κ1) is 18.7. The van der Waals surface area contributed by atoms with E-state index in [4.69, 9.17) is 9.47 Å². The van der Waals surface area contributed by atoms with Crippen LogP contribution in [-0.2, 0) is 9.47 Å². The molecule has 1 fully saturated rings. The number of nitrogens with one attached hydrogen (secondary N) is 1. The Morgan fingerprint density at radius 2 is 1.84 bits per heavy atom. The Morgan fingerprint density at radius 3 is 2.40 bits per heavy atom. The number of nitrogens with zero attached hydrogens (tertiary/aromatic N) is 3. The van der Waals surface area contributed by atoms with Crippen molar-refractivity contribution >= 4 is 5.91 Å². The van der Waals surface area contributed by atoms with Crippen LogP contribution < -0.4 is 5.32 Å². The Morgan fingerprint density at radius 1 is 1.24 bits per heavy atom. The molecule has 1 aliphatic heterocycles. The molecule has 0 aliphatic carbocycles. The molecule has 0 atom stereocenters. The van der Waals surface area contributed by atoms with E-state index < -0.39 is 29.6 Å². The number of carbonyl (C=O) groups is 1. The molecule has 1 aliphatic rings. The summed E-state index contributed by atoms with van der Waals surface area (Å²) < 4.78 is 10.5. The van der Waals surface area contributed by atoms with Gasteiger partial charge in [-0.1, -0.05) is 18.2 Å². The molecule has 0 bridgehead atoms. The van der Waals surface area contributed by atoms with Crippen molar-refractivity contribution in [2.75, 3.05) is 26.3 Å². The molecule has 1 N–H and O–H groups in total.